The summed E-state index contributed by atoms with van der Waals surface area (Å²) in [6.07, 6.45) is 0. The monoisotopic (exact) mass is 339 g/mol. The van der Waals surface area contributed by atoms with Crippen molar-refractivity contribution in [3.63, 3.8) is 0 Å². The predicted octanol–water partition coefficient (Wildman–Crippen LogP) is 3.05. The van der Waals surface area contributed by atoms with Crippen molar-refractivity contribution in [3.8, 4) is 5.75 Å². The molecule has 0 atom stereocenters. The number of hydrogen-bond donors (Lipinski definition) is 0. The van der Waals surface area contributed by atoms with Crippen molar-refractivity contribution in [2.45, 2.75) is 6.61 Å². The van der Waals surface area contributed by atoms with Gasteiger partial charge in [-0.25, -0.2) is 0 Å². The predicted molar refractivity (Wildman–Crippen MR) is 74.3 cm³/mol. The second-order valence-corrected chi connectivity index (χ2v) is 5.20. The van der Waals surface area contributed by atoms with Crippen LogP contribution in [-0.4, -0.2) is 5.97 Å². The molecule has 0 N–H and O–H groups in total. The normalized spacial score (nSPS) is 10.2. The first-order valence-corrected chi connectivity index (χ1v) is 6.61. The minimum atomic E-state index is -1.31. The molecule has 0 aliphatic heterocycles. The van der Waals surface area contributed by atoms with Gasteiger partial charge in [0.15, 0.2) is 0 Å². The summed E-state index contributed by atoms with van der Waals surface area (Å²) in [5.74, 6) is -1.07. The van der Waals surface area contributed by atoms with E-state index in [2.05, 4.69) is 15.9 Å². The largest absolute Gasteiger partial charge is 0.545 e. The first kappa shape index (κ1) is 13.9. The maximum atomic E-state index is 11.0. The maximum absolute atomic E-state index is 11.0. The molecule has 0 spiro atoms. The number of halogens is 2. The van der Waals surface area contributed by atoms with Crippen LogP contribution in [0.1, 0.15) is 15.9 Å². The highest BCUT2D eigenvalue weighted by molar-refractivity contribution is 9.10. The topological polar surface area (TPSA) is 49.4 Å². The molecule has 2 rings (SSSR count). The van der Waals surface area contributed by atoms with Crippen LogP contribution < -0.4 is 9.84 Å². The van der Waals surface area contributed by atoms with E-state index in [1.165, 1.54) is 12.1 Å². The van der Waals surface area contributed by atoms with Crippen molar-refractivity contribution in [1.82, 2.24) is 0 Å². The zero-order valence-electron chi connectivity index (χ0n) is 9.73. The van der Waals surface area contributed by atoms with Gasteiger partial charge in [0.05, 0.1) is 5.97 Å². The van der Waals surface area contributed by atoms with Gasteiger partial charge in [0, 0.05) is 15.1 Å². The van der Waals surface area contributed by atoms with Crippen LogP contribution in [0.2, 0.25) is 5.02 Å². The van der Waals surface area contributed by atoms with Crippen molar-refractivity contribution in [3.05, 3.63) is 63.1 Å². The number of ether oxygens (including phenoxy) is 1. The van der Waals surface area contributed by atoms with Crippen LogP contribution >= 0.6 is 27.5 Å². The quantitative estimate of drug-likeness (QED) is 0.859. The molecular weight excluding hydrogens is 332 g/mol. The molecule has 0 aliphatic rings. The number of carboxylic acids is 1. The molecule has 3 nitrogen and oxygen atoms in total. The minimum Gasteiger partial charge on any atom is -0.545 e. The van der Waals surface area contributed by atoms with Crippen LogP contribution in [0.25, 0.3) is 0 Å². The van der Waals surface area contributed by atoms with Crippen LogP contribution in [0.15, 0.2) is 46.9 Å². The van der Waals surface area contributed by atoms with Gasteiger partial charge in [-0.2, -0.15) is 0 Å². The first-order chi connectivity index (χ1) is 9.06. The molecule has 2 aromatic carbocycles. The van der Waals surface area contributed by atoms with Crippen LogP contribution in [-0.2, 0) is 6.61 Å². The van der Waals surface area contributed by atoms with E-state index < -0.39 is 5.97 Å². The summed E-state index contributed by atoms with van der Waals surface area (Å²) in [4.78, 5) is 11.0. The summed E-state index contributed by atoms with van der Waals surface area (Å²) in [7, 11) is 0. The molecule has 0 saturated heterocycles. The third-order valence-electron chi connectivity index (χ3n) is 2.47. The molecule has 2 aromatic rings. The highest BCUT2D eigenvalue weighted by atomic mass is 79.9. The van der Waals surface area contributed by atoms with Gasteiger partial charge in [-0.3, -0.25) is 0 Å². The number of carbonyl (C=O) groups excluding carboxylic acids is 1. The Labute approximate surface area is 123 Å². The molecule has 0 fully saturated rings. The molecule has 0 heterocycles. The molecule has 98 valence electrons. The number of carbonyl (C=O) groups is 1. The fourth-order valence-electron chi connectivity index (χ4n) is 1.53. The average Bonchev–Trinajstić information content (AvgIpc) is 2.39. The molecule has 0 aromatic heterocycles. The lowest BCUT2D eigenvalue weighted by molar-refractivity contribution is -0.255. The second kappa shape index (κ2) is 6.08. The second-order valence-electron chi connectivity index (χ2n) is 3.84. The molecular formula is C14H9BrClO3-. The molecule has 0 radical (unpaired) electrons. The van der Waals surface area contributed by atoms with Gasteiger partial charge in [-0.15, -0.1) is 0 Å². The lowest BCUT2D eigenvalue weighted by atomic mass is 10.2. The van der Waals surface area contributed by atoms with E-state index in [0.29, 0.717) is 5.02 Å². The van der Waals surface area contributed by atoms with E-state index in [9.17, 15) is 9.90 Å². The smallest absolute Gasteiger partial charge is 0.128 e. The van der Waals surface area contributed by atoms with E-state index in [4.69, 9.17) is 16.3 Å². The summed E-state index contributed by atoms with van der Waals surface area (Å²) in [6.45, 7) is 0.273. The van der Waals surface area contributed by atoms with E-state index >= 15 is 0 Å². The zero-order valence-corrected chi connectivity index (χ0v) is 12.1. The average molecular weight is 341 g/mol. The van der Waals surface area contributed by atoms with E-state index in [-0.39, 0.29) is 17.9 Å². The van der Waals surface area contributed by atoms with E-state index in [1.54, 1.807) is 6.07 Å². The maximum Gasteiger partial charge on any atom is 0.128 e. The molecule has 0 aliphatic carbocycles. The van der Waals surface area contributed by atoms with Gasteiger partial charge in [0.1, 0.15) is 12.4 Å². The highest BCUT2D eigenvalue weighted by Crippen LogP contribution is 2.23. The first-order valence-electron chi connectivity index (χ1n) is 5.44. The standard InChI is InChI=1S/C14H10BrClO3/c15-10-3-1-9(2-4-10)8-19-13-6-5-11(16)7-12(13)14(17)18/h1-7H,8H2,(H,17,18)/p-1. The third-order valence-corrected chi connectivity index (χ3v) is 3.23. The number of rotatable bonds is 4. The Morgan fingerprint density at radius 3 is 2.53 bits per heavy atom. The highest BCUT2D eigenvalue weighted by Gasteiger charge is 2.06. The van der Waals surface area contributed by atoms with Gasteiger partial charge < -0.3 is 14.6 Å². The Kier molecular flexibility index (Phi) is 4.45. The number of aromatic carboxylic acids is 1. The minimum absolute atomic E-state index is 0.0513. The van der Waals surface area contributed by atoms with E-state index in [0.717, 1.165) is 10.0 Å². The fourth-order valence-corrected chi connectivity index (χ4v) is 1.97. The van der Waals surface area contributed by atoms with Crippen molar-refractivity contribution >= 4 is 33.5 Å². The summed E-state index contributed by atoms with van der Waals surface area (Å²) in [6, 6.07) is 12.0. The summed E-state index contributed by atoms with van der Waals surface area (Å²) >= 11 is 9.08. The molecule has 0 amide bonds. The van der Waals surface area contributed by atoms with Gasteiger partial charge in [-0.05, 0) is 35.9 Å². The van der Waals surface area contributed by atoms with Crippen LogP contribution in [0.5, 0.6) is 5.75 Å². The van der Waals surface area contributed by atoms with Gasteiger partial charge >= 0.3 is 0 Å². The molecule has 19 heavy (non-hydrogen) atoms. The van der Waals surface area contributed by atoms with Gasteiger partial charge in [-0.1, -0.05) is 39.7 Å². The molecule has 5 heteroatoms. The lowest BCUT2D eigenvalue weighted by Crippen LogP contribution is -2.23. The van der Waals surface area contributed by atoms with Crippen LogP contribution in [0.4, 0.5) is 0 Å². The fraction of sp³-hybridized carbons (Fsp3) is 0.0714. The van der Waals surface area contributed by atoms with Crippen molar-refractivity contribution < 1.29 is 14.6 Å². The van der Waals surface area contributed by atoms with Crippen LogP contribution in [0.3, 0.4) is 0 Å². The third kappa shape index (κ3) is 3.72. The Morgan fingerprint density at radius 1 is 1.21 bits per heavy atom. The van der Waals surface area contributed by atoms with Crippen LogP contribution in [0, 0.1) is 0 Å². The zero-order chi connectivity index (χ0) is 13.8. The Morgan fingerprint density at radius 2 is 1.89 bits per heavy atom. The van der Waals surface area contributed by atoms with Crippen molar-refractivity contribution in [1.29, 1.82) is 0 Å². The number of hydrogen-bond acceptors (Lipinski definition) is 3. The summed E-state index contributed by atoms with van der Waals surface area (Å²) < 4.78 is 6.46. The van der Waals surface area contributed by atoms with Gasteiger partial charge in [0.2, 0.25) is 0 Å². The van der Waals surface area contributed by atoms with Crippen molar-refractivity contribution in [2.24, 2.45) is 0 Å². The van der Waals surface area contributed by atoms with Crippen molar-refractivity contribution in [2.75, 3.05) is 0 Å². The van der Waals surface area contributed by atoms with E-state index in [1.807, 2.05) is 24.3 Å². The number of benzene rings is 2. The summed E-state index contributed by atoms with van der Waals surface area (Å²) in [5.41, 5.74) is 0.882. The molecule has 0 unspecified atom stereocenters. The van der Waals surface area contributed by atoms with Gasteiger partial charge in [0.25, 0.3) is 0 Å². The Balaban J connectivity index is 2.15. The lowest BCUT2D eigenvalue weighted by Gasteiger charge is -2.12. The Hall–Kier alpha value is -1.52. The molecule has 0 bridgehead atoms. The SMILES string of the molecule is O=C([O-])c1cc(Cl)ccc1OCc1ccc(Br)cc1. The summed E-state index contributed by atoms with van der Waals surface area (Å²) in [5, 5.41) is 11.3. The Bertz CT molecular complexity index is 596. The molecule has 0 saturated carbocycles. The number of carboxylic acid groups (broad SMARTS) is 1.